The van der Waals surface area contributed by atoms with Crippen LogP contribution in [0.2, 0.25) is 0 Å². The Balaban J connectivity index is 1.46. The molecule has 8 nitrogen and oxygen atoms in total. The number of benzene rings is 1. The summed E-state index contributed by atoms with van der Waals surface area (Å²) in [5.74, 6) is -0.173. The summed E-state index contributed by atoms with van der Waals surface area (Å²) in [6.07, 6.45) is 9.02. The lowest BCUT2D eigenvalue weighted by Gasteiger charge is -2.38. The smallest absolute Gasteiger partial charge is 0.317 e. The van der Waals surface area contributed by atoms with Crippen molar-refractivity contribution in [2.24, 2.45) is 5.92 Å². The number of urea groups is 1. The van der Waals surface area contributed by atoms with Crippen molar-refractivity contribution in [1.82, 2.24) is 15.1 Å². The Kier molecular flexibility index (Phi) is 8.52. The van der Waals surface area contributed by atoms with E-state index in [2.05, 4.69) is 15.5 Å². The zero-order valence-electron chi connectivity index (χ0n) is 21.4. The number of piperidine rings is 1. The third kappa shape index (κ3) is 6.47. The summed E-state index contributed by atoms with van der Waals surface area (Å²) in [6.45, 7) is 7.86. The van der Waals surface area contributed by atoms with Gasteiger partial charge < -0.3 is 25.3 Å². The van der Waals surface area contributed by atoms with E-state index >= 15 is 0 Å². The third-order valence-corrected chi connectivity index (χ3v) is 7.50. The molecule has 0 aromatic heterocycles. The van der Waals surface area contributed by atoms with Crippen molar-refractivity contribution >= 4 is 29.2 Å². The summed E-state index contributed by atoms with van der Waals surface area (Å²) in [6, 6.07) is 5.99. The Morgan fingerprint density at radius 1 is 0.829 bits per heavy atom. The molecule has 2 saturated heterocycles. The minimum absolute atomic E-state index is 0.0258. The van der Waals surface area contributed by atoms with Crippen LogP contribution in [-0.2, 0) is 4.79 Å². The molecule has 0 atom stereocenters. The first-order valence-corrected chi connectivity index (χ1v) is 13.5. The molecule has 4 amide bonds. The van der Waals surface area contributed by atoms with Gasteiger partial charge in [-0.3, -0.25) is 9.59 Å². The van der Waals surface area contributed by atoms with Crippen LogP contribution in [-0.4, -0.2) is 73.0 Å². The van der Waals surface area contributed by atoms with Gasteiger partial charge in [0.25, 0.3) is 5.91 Å². The fraction of sp³-hybridized carbons (Fsp3) is 0.667. The lowest BCUT2D eigenvalue weighted by Crippen LogP contribution is -2.54. The van der Waals surface area contributed by atoms with Gasteiger partial charge in [0, 0.05) is 62.6 Å². The van der Waals surface area contributed by atoms with Crippen molar-refractivity contribution < 1.29 is 14.4 Å². The number of nitrogens with zero attached hydrogens (tertiary/aromatic N) is 3. The van der Waals surface area contributed by atoms with E-state index in [1.807, 2.05) is 41.8 Å². The zero-order valence-corrected chi connectivity index (χ0v) is 21.4. The number of hydrogen-bond donors (Lipinski definition) is 2. The predicted molar refractivity (Wildman–Crippen MR) is 139 cm³/mol. The van der Waals surface area contributed by atoms with Gasteiger partial charge in [0.1, 0.15) is 0 Å². The Bertz CT molecular complexity index is 898. The lowest BCUT2D eigenvalue weighted by molar-refractivity contribution is -0.118. The molecule has 8 heteroatoms. The van der Waals surface area contributed by atoms with Gasteiger partial charge in [0.15, 0.2) is 0 Å². The average Bonchev–Trinajstić information content (AvgIpc) is 2.89. The van der Waals surface area contributed by atoms with Crippen LogP contribution < -0.4 is 15.5 Å². The Morgan fingerprint density at radius 3 is 2.14 bits per heavy atom. The second kappa shape index (κ2) is 11.8. The van der Waals surface area contributed by atoms with Gasteiger partial charge in [-0.1, -0.05) is 33.1 Å². The minimum Gasteiger partial charge on any atom is -0.367 e. The first-order valence-electron chi connectivity index (χ1n) is 13.5. The van der Waals surface area contributed by atoms with Crippen LogP contribution in [0.25, 0.3) is 0 Å². The number of anilines is 2. The molecule has 3 fully saturated rings. The molecule has 2 heterocycles. The average molecular weight is 484 g/mol. The summed E-state index contributed by atoms with van der Waals surface area (Å²) >= 11 is 0. The van der Waals surface area contributed by atoms with Gasteiger partial charge in [-0.05, 0) is 50.3 Å². The number of rotatable bonds is 5. The molecule has 0 bridgehead atoms. The fourth-order valence-corrected chi connectivity index (χ4v) is 5.28. The first kappa shape index (κ1) is 25.3. The molecular weight excluding hydrogens is 442 g/mol. The number of likely N-dealkylation sites (tertiary alicyclic amines) is 1. The second-order valence-corrected chi connectivity index (χ2v) is 10.5. The molecule has 1 aliphatic carbocycles. The van der Waals surface area contributed by atoms with Crippen LogP contribution in [0.5, 0.6) is 0 Å². The monoisotopic (exact) mass is 483 g/mol. The van der Waals surface area contributed by atoms with E-state index in [1.165, 1.54) is 19.3 Å². The summed E-state index contributed by atoms with van der Waals surface area (Å²) in [7, 11) is 0. The Labute approximate surface area is 209 Å². The van der Waals surface area contributed by atoms with E-state index in [0.29, 0.717) is 43.5 Å². The molecule has 1 aromatic rings. The maximum atomic E-state index is 13.5. The van der Waals surface area contributed by atoms with Gasteiger partial charge in [0.05, 0.1) is 5.56 Å². The zero-order chi connectivity index (χ0) is 24.8. The minimum atomic E-state index is -0.135. The molecule has 0 spiro atoms. The maximum absolute atomic E-state index is 13.5. The predicted octanol–water partition coefficient (Wildman–Crippen LogP) is 4.07. The molecule has 1 saturated carbocycles. The van der Waals surface area contributed by atoms with Gasteiger partial charge in [-0.25, -0.2) is 4.79 Å². The molecular formula is C27H41N5O3. The number of hydrogen-bond acceptors (Lipinski definition) is 4. The first-order chi connectivity index (χ1) is 16.9. The molecule has 192 valence electrons. The van der Waals surface area contributed by atoms with E-state index < -0.39 is 0 Å². The van der Waals surface area contributed by atoms with Crippen molar-refractivity contribution in [2.45, 2.75) is 71.3 Å². The normalized spacial score (nSPS) is 19.6. The van der Waals surface area contributed by atoms with E-state index in [-0.39, 0.29) is 23.8 Å². The number of carbonyl (C=O) groups is 3. The summed E-state index contributed by atoms with van der Waals surface area (Å²) < 4.78 is 0. The molecule has 4 rings (SSSR count). The van der Waals surface area contributed by atoms with Crippen LogP contribution in [0, 0.1) is 5.92 Å². The van der Waals surface area contributed by atoms with Crippen molar-refractivity contribution in [2.75, 3.05) is 49.5 Å². The van der Waals surface area contributed by atoms with Gasteiger partial charge >= 0.3 is 6.03 Å². The van der Waals surface area contributed by atoms with Gasteiger partial charge in [-0.15, -0.1) is 0 Å². The number of piperazine rings is 1. The summed E-state index contributed by atoms with van der Waals surface area (Å²) in [5, 5.41) is 6.16. The highest BCUT2D eigenvalue weighted by Gasteiger charge is 2.28. The molecule has 0 unspecified atom stereocenters. The summed E-state index contributed by atoms with van der Waals surface area (Å²) in [5.41, 5.74) is 2.17. The molecule has 0 radical (unpaired) electrons. The van der Waals surface area contributed by atoms with Crippen molar-refractivity contribution in [3.63, 3.8) is 0 Å². The van der Waals surface area contributed by atoms with Crippen molar-refractivity contribution in [3.8, 4) is 0 Å². The lowest BCUT2D eigenvalue weighted by atomic mass is 9.96. The second-order valence-electron chi connectivity index (χ2n) is 10.5. The van der Waals surface area contributed by atoms with Crippen LogP contribution in [0.15, 0.2) is 18.2 Å². The van der Waals surface area contributed by atoms with Crippen LogP contribution in [0.4, 0.5) is 16.2 Å². The maximum Gasteiger partial charge on any atom is 0.317 e. The highest BCUT2D eigenvalue weighted by atomic mass is 16.2. The number of carbonyl (C=O) groups excluding carboxylic acids is 3. The third-order valence-electron chi connectivity index (χ3n) is 7.50. The SMILES string of the molecule is CC(C)C(=O)Nc1ccc(N2CCN(C(=O)NC3CCCCC3)CC2)c(C(=O)N2CCCCC2)c1. The van der Waals surface area contributed by atoms with E-state index in [1.54, 1.807) is 0 Å². The van der Waals surface area contributed by atoms with Crippen LogP contribution in [0.1, 0.15) is 75.6 Å². The topological polar surface area (TPSA) is 85.0 Å². The van der Waals surface area contributed by atoms with Crippen LogP contribution >= 0.6 is 0 Å². The van der Waals surface area contributed by atoms with Crippen molar-refractivity contribution in [1.29, 1.82) is 0 Å². The largest absolute Gasteiger partial charge is 0.367 e. The van der Waals surface area contributed by atoms with Crippen LogP contribution in [0.3, 0.4) is 0 Å². The Hall–Kier alpha value is -2.77. The van der Waals surface area contributed by atoms with E-state index in [4.69, 9.17) is 0 Å². The molecule has 35 heavy (non-hydrogen) atoms. The molecule has 2 aliphatic heterocycles. The standard InChI is InChI=1S/C27H41N5O3/c1-20(2)25(33)28-22-11-12-24(23(19-22)26(34)31-13-7-4-8-14-31)30-15-17-32(18-16-30)27(35)29-21-9-5-3-6-10-21/h11-12,19-21H,3-10,13-18H2,1-2H3,(H,28,33)(H,29,35). The number of nitrogens with one attached hydrogen (secondary N) is 2. The quantitative estimate of drug-likeness (QED) is 0.661. The van der Waals surface area contributed by atoms with Crippen molar-refractivity contribution in [3.05, 3.63) is 23.8 Å². The van der Waals surface area contributed by atoms with E-state index in [9.17, 15) is 14.4 Å². The highest BCUT2D eigenvalue weighted by molar-refractivity contribution is 6.02. The Morgan fingerprint density at radius 2 is 1.49 bits per heavy atom. The molecule has 3 aliphatic rings. The van der Waals surface area contributed by atoms with E-state index in [0.717, 1.165) is 50.9 Å². The highest BCUT2D eigenvalue weighted by Crippen LogP contribution is 2.28. The van der Waals surface area contributed by atoms with Gasteiger partial charge in [-0.2, -0.15) is 0 Å². The number of amides is 4. The fourth-order valence-electron chi connectivity index (χ4n) is 5.28. The molecule has 2 N–H and O–H groups in total. The molecule has 1 aromatic carbocycles. The van der Waals surface area contributed by atoms with Gasteiger partial charge in [0.2, 0.25) is 5.91 Å². The summed E-state index contributed by atoms with van der Waals surface area (Å²) in [4.78, 5) is 44.6.